The standard InChI is InChI=1S/C19H20N4O2S/c1-12-16-13(7-26-12)17(24)20-14-5-3-4-6-15(14)23(16)18(25)22-10-19(11-22)8-21(2)9-19/h3-7H,8-11H2,1-2H3,(H,20,24). The van der Waals surface area contributed by atoms with E-state index in [2.05, 4.69) is 17.3 Å². The Balaban J connectivity index is 1.55. The number of rotatable bonds is 0. The highest BCUT2D eigenvalue weighted by Gasteiger charge is 2.53. The van der Waals surface area contributed by atoms with Crippen molar-refractivity contribution in [3.63, 3.8) is 0 Å². The molecule has 3 aliphatic heterocycles. The predicted octanol–water partition coefficient (Wildman–Crippen LogP) is 3.13. The average Bonchev–Trinajstić information content (AvgIpc) is 2.87. The Bertz CT molecular complexity index is 923. The summed E-state index contributed by atoms with van der Waals surface area (Å²) >= 11 is 1.50. The van der Waals surface area contributed by atoms with Crippen LogP contribution in [0.25, 0.3) is 0 Å². The Morgan fingerprint density at radius 3 is 2.65 bits per heavy atom. The Morgan fingerprint density at radius 2 is 1.92 bits per heavy atom. The molecule has 1 spiro atoms. The van der Waals surface area contributed by atoms with Gasteiger partial charge in [0.15, 0.2) is 0 Å². The van der Waals surface area contributed by atoms with Crippen molar-refractivity contribution in [1.82, 2.24) is 9.80 Å². The van der Waals surface area contributed by atoms with Crippen LogP contribution in [-0.2, 0) is 0 Å². The van der Waals surface area contributed by atoms with Crippen LogP contribution in [0.1, 0.15) is 15.2 Å². The summed E-state index contributed by atoms with van der Waals surface area (Å²) in [7, 11) is 2.11. The minimum Gasteiger partial charge on any atom is -0.323 e. The number of fused-ring (bicyclic) bond motifs is 2. The van der Waals surface area contributed by atoms with Crippen LogP contribution in [0.2, 0.25) is 0 Å². The lowest BCUT2D eigenvalue weighted by Gasteiger charge is -2.59. The monoisotopic (exact) mass is 368 g/mol. The minimum atomic E-state index is -0.159. The normalized spacial score (nSPS) is 20.6. The van der Waals surface area contributed by atoms with Crippen LogP contribution in [0.15, 0.2) is 29.6 Å². The summed E-state index contributed by atoms with van der Waals surface area (Å²) in [5.74, 6) is -0.159. The fourth-order valence-electron chi connectivity index (χ4n) is 4.51. The molecule has 5 rings (SSSR count). The highest BCUT2D eigenvalue weighted by Crippen LogP contribution is 2.45. The maximum absolute atomic E-state index is 13.4. The quantitative estimate of drug-likeness (QED) is 0.777. The molecule has 0 atom stereocenters. The number of carbonyl (C=O) groups excluding carboxylic acids is 2. The highest BCUT2D eigenvalue weighted by atomic mass is 32.1. The van der Waals surface area contributed by atoms with Crippen LogP contribution in [0.4, 0.5) is 21.9 Å². The molecule has 3 aliphatic rings. The van der Waals surface area contributed by atoms with Crippen molar-refractivity contribution in [2.24, 2.45) is 5.41 Å². The van der Waals surface area contributed by atoms with Crippen molar-refractivity contribution in [3.8, 4) is 0 Å². The molecular weight excluding hydrogens is 348 g/mol. The SMILES string of the molecule is Cc1scc2c1N(C(=O)N1CC3(CN(C)C3)C1)c1ccccc1NC2=O. The van der Waals surface area contributed by atoms with Gasteiger partial charge >= 0.3 is 6.03 Å². The van der Waals surface area contributed by atoms with Gasteiger partial charge in [-0.25, -0.2) is 4.79 Å². The zero-order chi connectivity index (χ0) is 18.1. The number of amides is 3. The zero-order valence-corrected chi connectivity index (χ0v) is 15.6. The number of anilines is 3. The average molecular weight is 368 g/mol. The van der Waals surface area contributed by atoms with Gasteiger partial charge in [-0.1, -0.05) is 12.1 Å². The van der Waals surface area contributed by atoms with E-state index in [1.165, 1.54) is 11.3 Å². The molecule has 0 radical (unpaired) electrons. The van der Waals surface area contributed by atoms with E-state index < -0.39 is 0 Å². The lowest BCUT2D eigenvalue weighted by Crippen LogP contribution is -2.72. The summed E-state index contributed by atoms with van der Waals surface area (Å²) < 4.78 is 0. The van der Waals surface area contributed by atoms with E-state index in [-0.39, 0.29) is 17.4 Å². The summed E-state index contributed by atoms with van der Waals surface area (Å²) in [6.07, 6.45) is 0. The first-order valence-electron chi connectivity index (χ1n) is 8.73. The third-order valence-electron chi connectivity index (χ3n) is 5.53. The van der Waals surface area contributed by atoms with Gasteiger partial charge in [0.2, 0.25) is 0 Å². The van der Waals surface area contributed by atoms with Crippen molar-refractivity contribution >= 4 is 40.3 Å². The molecule has 6 nitrogen and oxygen atoms in total. The van der Waals surface area contributed by atoms with E-state index in [1.54, 1.807) is 4.90 Å². The number of hydrogen-bond donors (Lipinski definition) is 1. The molecule has 1 aromatic carbocycles. The molecule has 2 saturated heterocycles. The second-order valence-corrected chi connectivity index (χ2v) is 8.76. The second-order valence-electron chi connectivity index (χ2n) is 7.67. The fourth-order valence-corrected chi connectivity index (χ4v) is 5.34. The van der Waals surface area contributed by atoms with Gasteiger partial charge in [-0.05, 0) is 26.1 Å². The highest BCUT2D eigenvalue weighted by molar-refractivity contribution is 7.11. The third kappa shape index (κ3) is 2.13. The smallest absolute Gasteiger partial charge is 0.323 e. The third-order valence-corrected chi connectivity index (χ3v) is 6.43. The second kappa shape index (κ2) is 5.31. The number of benzene rings is 1. The maximum atomic E-state index is 13.4. The van der Waals surface area contributed by atoms with Gasteiger partial charge in [-0.15, -0.1) is 11.3 Å². The van der Waals surface area contributed by atoms with Crippen molar-refractivity contribution in [3.05, 3.63) is 40.1 Å². The lowest BCUT2D eigenvalue weighted by atomic mass is 9.73. The molecule has 0 bridgehead atoms. The van der Waals surface area contributed by atoms with Gasteiger partial charge in [-0.3, -0.25) is 9.69 Å². The van der Waals surface area contributed by atoms with Crippen LogP contribution >= 0.6 is 11.3 Å². The molecule has 0 saturated carbocycles. The molecule has 2 aromatic rings. The van der Waals surface area contributed by atoms with Crippen LogP contribution in [-0.4, -0.2) is 55.0 Å². The molecule has 0 aliphatic carbocycles. The molecule has 7 heteroatoms. The molecule has 0 unspecified atom stereocenters. The van der Waals surface area contributed by atoms with Gasteiger partial charge < -0.3 is 15.1 Å². The van der Waals surface area contributed by atoms with Crippen LogP contribution in [0, 0.1) is 12.3 Å². The molecule has 1 N–H and O–H groups in total. The molecular formula is C19H20N4O2S. The summed E-state index contributed by atoms with van der Waals surface area (Å²) in [4.78, 5) is 32.9. The molecule has 1 aromatic heterocycles. The number of nitrogens with zero attached hydrogens (tertiary/aromatic N) is 3. The molecule has 2 fully saturated rings. The van der Waals surface area contributed by atoms with Gasteiger partial charge in [0.25, 0.3) is 5.91 Å². The number of carbonyl (C=O) groups is 2. The summed E-state index contributed by atoms with van der Waals surface area (Å²) in [6.45, 7) is 5.64. The Hall–Kier alpha value is -2.38. The first-order chi connectivity index (χ1) is 12.5. The number of aryl methyl sites for hydroxylation is 1. The van der Waals surface area contributed by atoms with Crippen LogP contribution in [0.3, 0.4) is 0 Å². The van der Waals surface area contributed by atoms with E-state index in [1.807, 2.05) is 41.5 Å². The van der Waals surface area contributed by atoms with Crippen molar-refractivity contribution in [1.29, 1.82) is 0 Å². The van der Waals surface area contributed by atoms with Gasteiger partial charge in [0, 0.05) is 41.9 Å². The Kier molecular flexibility index (Phi) is 3.24. The number of para-hydroxylation sites is 2. The number of nitrogens with one attached hydrogen (secondary N) is 1. The maximum Gasteiger partial charge on any atom is 0.329 e. The van der Waals surface area contributed by atoms with E-state index in [0.29, 0.717) is 16.9 Å². The number of urea groups is 1. The summed E-state index contributed by atoms with van der Waals surface area (Å²) in [5.41, 5.74) is 2.96. The van der Waals surface area contributed by atoms with E-state index in [9.17, 15) is 9.59 Å². The van der Waals surface area contributed by atoms with Crippen LogP contribution in [0.5, 0.6) is 0 Å². The van der Waals surface area contributed by atoms with Crippen molar-refractivity contribution in [2.75, 3.05) is 43.4 Å². The van der Waals surface area contributed by atoms with E-state index >= 15 is 0 Å². The van der Waals surface area contributed by atoms with E-state index in [4.69, 9.17) is 0 Å². The summed E-state index contributed by atoms with van der Waals surface area (Å²) in [5, 5.41) is 4.78. The first-order valence-corrected chi connectivity index (χ1v) is 9.61. The minimum absolute atomic E-state index is 0.0446. The van der Waals surface area contributed by atoms with Crippen molar-refractivity contribution in [2.45, 2.75) is 6.92 Å². The lowest BCUT2D eigenvalue weighted by molar-refractivity contribution is -0.0813. The van der Waals surface area contributed by atoms with E-state index in [0.717, 1.165) is 36.7 Å². The number of likely N-dealkylation sites (tertiary alicyclic amines) is 2. The van der Waals surface area contributed by atoms with Gasteiger partial charge in [0.05, 0.1) is 22.6 Å². The van der Waals surface area contributed by atoms with Gasteiger partial charge in [0.1, 0.15) is 0 Å². The Labute approximate surface area is 156 Å². The molecule has 134 valence electrons. The Morgan fingerprint density at radius 1 is 1.19 bits per heavy atom. The number of thiophene rings is 1. The summed E-state index contributed by atoms with van der Waals surface area (Å²) in [6, 6.07) is 7.46. The molecule has 3 amide bonds. The number of hydrogen-bond acceptors (Lipinski definition) is 4. The first kappa shape index (κ1) is 15.8. The molecule has 26 heavy (non-hydrogen) atoms. The van der Waals surface area contributed by atoms with Crippen molar-refractivity contribution < 1.29 is 9.59 Å². The van der Waals surface area contributed by atoms with Crippen LogP contribution < -0.4 is 10.2 Å². The molecule has 4 heterocycles. The topological polar surface area (TPSA) is 55.9 Å². The zero-order valence-electron chi connectivity index (χ0n) is 14.8. The van der Waals surface area contributed by atoms with Gasteiger partial charge in [-0.2, -0.15) is 0 Å². The predicted molar refractivity (Wildman–Crippen MR) is 102 cm³/mol. The fraction of sp³-hybridized carbons (Fsp3) is 0.368. The largest absolute Gasteiger partial charge is 0.329 e.